The van der Waals surface area contributed by atoms with E-state index < -0.39 is 0 Å². The second-order valence-electron chi connectivity index (χ2n) is 6.90. The Balaban J connectivity index is 0.000000313. The first-order chi connectivity index (χ1) is 10.8. The van der Waals surface area contributed by atoms with Gasteiger partial charge in [0, 0.05) is 19.0 Å². The normalized spacial score (nSPS) is 19.5. The summed E-state index contributed by atoms with van der Waals surface area (Å²) in [7, 11) is 0. The van der Waals surface area contributed by atoms with Crippen molar-refractivity contribution >= 4 is 6.09 Å². The lowest BCUT2D eigenvalue weighted by molar-refractivity contribution is -0.00532. The van der Waals surface area contributed by atoms with Gasteiger partial charge in [0.15, 0.2) is 0 Å². The van der Waals surface area contributed by atoms with E-state index in [2.05, 4.69) is 27.7 Å². The van der Waals surface area contributed by atoms with Crippen LogP contribution in [0.4, 0.5) is 9.18 Å². The summed E-state index contributed by atoms with van der Waals surface area (Å²) in [6, 6.07) is 8.13. The summed E-state index contributed by atoms with van der Waals surface area (Å²) >= 11 is 0. The molecule has 4 nitrogen and oxygen atoms in total. The Labute approximate surface area is 138 Å². The minimum Gasteiger partial charge on any atom is -0.446 e. The van der Waals surface area contributed by atoms with Crippen molar-refractivity contribution in [2.75, 3.05) is 13.1 Å². The number of carbonyl (C=O) groups excluding carboxylic acids is 1. The zero-order valence-electron chi connectivity index (χ0n) is 14.6. The van der Waals surface area contributed by atoms with E-state index in [1.807, 2.05) is 4.90 Å². The van der Waals surface area contributed by atoms with Gasteiger partial charge in [-0.1, -0.05) is 39.0 Å². The molecule has 2 N–H and O–H groups in total. The SMILES string of the molecule is CC(N1CCC(CCN)OC1=O)C(C)(C)C.Fc1ccccc1. The van der Waals surface area contributed by atoms with Crippen LogP contribution in [0.25, 0.3) is 0 Å². The van der Waals surface area contributed by atoms with Crippen molar-refractivity contribution in [2.24, 2.45) is 11.1 Å². The van der Waals surface area contributed by atoms with Crippen LogP contribution in [0.2, 0.25) is 0 Å². The number of hydrogen-bond acceptors (Lipinski definition) is 3. The summed E-state index contributed by atoms with van der Waals surface area (Å²) in [6.45, 7) is 9.84. The molecule has 0 aliphatic carbocycles. The average Bonchev–Trinajstić information content (AvgIpc) is 2.48. The minimum absolute atomic E-state index is 0.0147. The van der Waals surface area contributed by atoms with Crippen LogP contribution in [0.3, 0.4) is 0 Å². The lowest BCUT2D eigenvalue weighted by atomic mass is 9.86. The van der Waals surface area contributed by atoms with Gasteiger partial charge in [0.2, 0.25) is 0 Å². The number of nitrogens with zero attached hydrogens (tertiary/aromatic N) is 1. The van der Waals surface area contributed by atoms with Gasteiger partial charge in [0.25, 0.3) is 0 Å². The summed E-state index contributed by atoms with van der Waals surface area (Å²) in [5, 5.41) is 0. The first kappa shape index (κ1) is 19.4. The van der Waals surface area contributed by atoms with E-state index in [0.717, 1.165) is 19.4 Å². The molecule has 1 fully saturated rings. The van der Waals surface area contributed by atoms with Crippen LogP contribution in [0, 0.1) is 11.2 Å². The Hall–Kier alpha value is -1.62. The quantitative estimate of drug-likeness (QED) is 0.920. The molecule has 1 aliphatic rings. The fourth-order valence-electron chi connectivity index (χ4n) is 2.27. The number of carbonyl (C=O) groups is 1. The monoisotopic (exact) mass is 324 g/mol. The van der Waals surface area contributed by atoms with Gasteiger partial charge in [-0.05, 0) is 37.4 Å². The maximum Gasteiger partial charge on any atom is 0.410 e. The highest BCUT2D eigenvalue weighted by Crippen LogP contribution is 2.27. The number of amides is 1. The van der Waals surface area contributed by atoms with Crippen LogP contribution in [0.1, 0.15) is 40.5 Å². The first-order valence-electron chi connectivity index (χ1n) is 8.13. The lowest BCUT2D eigenvalue weighted by Crippen LogP contribution is -2.51. The van der Waals surface area contributed by atoms with Gasteiger partial charge in [0.1, 0.15) is 11.9 Å². The first-order valence-corrected chi connectivity index (χ1v) is 8.13. The fraction of sp³-hybridized carbons (Fsp3) is 0.611. The van der Waals surface area contributed by atoms with Crippen molar-refractivity contribution in [3.63, 3.8) is 0 Å². The predicted octanol–water partition coefficient (Wildman–Crippen LogP) is 3.81. The van der Waals surface area contributed by atoms with Gasteiger partial charge >= 0.3 is 6.09 Å². The molecule has 23 heavy (non-hydrogen) atoms. The second kappa shape index (κ2) is 8.87. The van der Waals surface area contributed by atoms with Gasteiger partial charge < -0.3 is 15.4 Å². The third-order valence-electron chi connectivity index (χ3n) is 4.14. The van der Waals surface area contributed by atoms with Gasteiger partial charge in [-0.3, -0.25) is 0 Å². The molecule has 5 heteroatoms. The number of halogens is 1. The zero-order chi connectivity index (χ0) is 17.5. The van der Waals surface area contributed by atoms with Crippen molar-refractivity contribution in [3.8, 4) is 0 Å². The largest absolute Gasteiger partial charge is 0.446 e. The topological polar surface area (TPSA) is 55.6 Å². The van der Waals surface area contributed by atoms with E-state index in [4.69, 9.17) is 10.5 Å². The maximum absolute atomic E-state index is 11.9. The van der Waals surface area contributed by atoms with Crippen LogP contribution in [0.5, 0.6) is 0 Å². The standard InChI is InChI=1S/C12H24N2O2.C6H5F/c1-9(12(2,3)4)14-8-6-10(5-7-13)16-11(14)15;7-6-4-2-1-3-5-6/h9-10H,5-8,13H2,1-4H3;1-5H. The number of cyclic esters (lactones) is 1. The Morgan fingerprint density at radius 3 is 2.35 bits per heavy atom. The summed E-state index contributed by atoms with van der Waals surface area (Å²) in [5.74, 6) is -0.178. The molecule has 1 aromatic rings. The smallest absolute Gasteiger partial charge is 0.410 e. The molecule has 2 atom stereocenters. The van der Waals surface area contributed by atoms with Crippen LogP contribution >= 0.6 is 0 Å². The highest BCUT2D eigenvalue weighted by molar-refractivity contribution is 5.69. The van der Waals surface area contributed by atoms with E-state index in [9.17, 15) is 9.18 Å². The Morgan fingerprint density at radius 2 is 1.96 bits per heavy atom. The van der Waals surface area contributed by atoms with Crippen LogP contribution in [-0.4, -0.2) is 36.2 Å². The van der Waals surface area contributed by atoms with Crippen molar-refractivity contribution in [3.05, 3.63) is 36.1 Å². The molecule has 0 spiro atoms. The van der Waals surface area contributed by atoms with Gasteiger partial charge in [-0.25, -0.2) is 9.18 Å². The summed E-state index contributed by atoms with van der Waals surface area (Å²) in [4.78, 5) is 13.7. The second-order valence-corrected chi connectivity index (χ2v) is 6.90. The molecule has 1 saturated heterocycles. The number of ether oxygens (including phenoxy) is 1. The summed E-state index contributed by atoms with van der Waals surface area (Å²) in [5.41, 5.74) is 5.55. The Morgan fingerprint density at radius 1 is 1.35 bits per heavy atom. The van der Waals surface area contributed by atoms with Gasteiger partial charge in [-0.15, -0.1) is 0 Å². The van der Waals surface area contributed by atoms with E-state index >= 15 is 0 Å². The number of rotatable bonds is 3. The van der Waals surface area contributed by atoms with Crippen molar-refractivity contribution in [1.29, 1.82) is 0 Å². The molecule has 2 rings (SSSR count). The molecule has 0 aromatic heterocycles. The molecule has 1 amide bonds. The molecule has 1 heterocycles. The van der Waals surface area contributed by atoms with E-state index in [0.29, 0.717) is 6.54 Å². The fourth-order valence-corrected chi connectivity index (χ4v) is 2.27. The van der Waals surface area contributed by atoms with Crippen LogP contribution < -0.4 is 5.73 Å². The van der Waals surface area contributed by atoms with E-state index in [1.54, 1.807) is 18.2 Å². The Bertz CT molecular complexity index is 474. The lowest BCUT2D eigenvalue weighted by Gasteiger charge is -2.41. The minimum atomic E-state index is -0.188. The molecular formula is C18H29FN2O2. The molecule has 1 aromatic carbocycles. The van der Waals surface area contributed by atoms with Crippen LogP contribution in [-0.2, 0) is 4.74 Å². The molecular weight excluding hydrogens is 295 g/mol. The molecule has 2 unspecified atom stereocenters. The molecule has 0 bridgehead atoms. The van der Waals surface area contributed by atoms with E-state index in [1.165, 1.54) is 12.1 Å². The van der Waals surface area contributed by atoms with Gasteiger partial charge in [-0.2, -0.15) is 0 Å². The van der Waals surface area contributed by atoms with Crippen LogP contribution in [0.15, 0.2) is 30.3 Å². The van der Waals surface area contributed by atoms with Crippen molar-refractivity contribution in [1.82, 2.24) is 4.90 Å². The Kier molecular flexibility index (Phi) is 7.49. The molecule has 0 radical (unpaired) electrons. The highest BCUT2D eigenvalue weighted by Gasteiger charge is 2.34. The molecule has 0 saturated carbocycles. The third kappa shape index (κ3) is 6.57. The summed E-state index contributed by atoms with van der Waals surface area (Å²) < 4.78 is 17.3. The predicted molar refractivity (Wildman–Crippen MR) is 90.6 cm³/mol. The van der Waals surface area contributed by atoms with E-state index in [-0.39, 0.29) is 29.5 Å². The summed E-state index contributed by atoms with van der Waals surface area (Å²) in [6.07, 6.45) is 1.49. The number of benzene rings is 1. The maximum atomic E-state index is 11.9. The van der Waals surface area contributed by atoms with Crippen molar-refractivity contribution in [2.45, 2.75) is 52.7 Å². The molecule has 1 aliphatic heterocycles. The third-order valence-corrected chi connectivity index (χ3v) is 4.14. The highest BCUT2D eigenvalue weighted by atomic mass is 19.1. The van der Waals surface area contributed by atoms with Gasteiger partial charge in [0.05, 0.1) is 0 Å². The van der Waals surface area contributed by atoms with Crippen molar-refractivity contribution < 1.29 is 13.9 Å². The zero-order valence-corrected chi connectivity index (χ0v) is 14.6. The number of hydrogen-bond donors (Lipinski definition) is 1. The molecule has 130 valence electrons. The number of nitrogens with two attached hydrogens (primary N) is 1. The average molecular weight is 324 g/mol.